The van der Waals surface area contributed by atoms with Gasteiger partial charge in [-0.3, -0.25) is 19.4 Å². The van der Waals surface area contributed by atoms with E-state index in [1.54, 1.807) is 13.8 Å². The molecule has 2 fully saturated rings. The van der Waals surface area contributed by atoms with Gasteiger partial charge in [0, 0.05) is 44.2 Å². The van der Waals surface area contributed by atoms with E-state index < -0.39 is 52.6 Å². The maximum absolute atomic E-state index is 13.9. The number of alkyl halides is 5. The number of para-hydroxylation sites is 1. The first-order valence-electron chi connectivity index (χ1n) is 18.1. The van der Waals surface area contributed by atoms with E-state index in [2.05, 4.69) is 4.98 Å². The summed E-state index contributed by atoms with van der Waals surface area (Å²) in [5, 5.41) is 19.4. The summed E-state index contributed by atoms with van der Waals surface area (Å²) in [5.41, 5.74) is -1.55. The van der Waals surface area contributed by atoms with Crippen molar-refractivity contribution >= 4 is 29.1 Å². The molecule has 54 heavy (non-hydrogen) atoms. The first-order valence-corrected chi connectivity index (χ1v) is 19.0. The molecule has 5 rings (SSSR count). The Hall–Kier alpha value is -4.27. The van der Waals surface area contributed by atoms with Crippen LogP contribution in [0.25, 0.3) is 0 Å². The average Bonchev–Trinajstić information content (AvgIpc) is 3.58. The number of nitrogens with zero attached hydrogens (tertiary/aromatic N) is 3. The lowest BCUT2D eigenvalue weighted by atomic mass is 9.83. The van der Waals surface area contributed by atoms with Gasteiger partial charge in [0.05, 0.1) is 28.4 Å². The second kappa shape index (κ2) is 17.9. The smallest absolute Gasteiger partial charge is 0.418 e. The molecule has 1 aromatic carbocycles. The van der Waals surface area contributed by atoms with Crippen molar-refractivity contribution in [2.24, 2.45) is 11.3 Å². The van der Waals surface area contributed by atoms with Crippen molar-refractivity contribution in [1.29, 1.82) is 0 Å². The van der Waals surface area contributed by atoms with Gasteiger partial charge >= 0.3 is 12.1 Å². The first kappa shape index (κ1) is 42.5. The maximum Gasteiger partial charge on any atom is 0.418 e. The molecule has 2 aromatic heterocycles. The van der Waals surface area contributed by atoms with Crippen molar-refractivity contribution in [2.75, 3.05) is 26.2 Å². The fourth-order valence-corrected chi connectivity index (χ4v) is 7.58. The number of thiophene rings is 1. The van der Waals surface area contributed by atoms with Crippen LogP contribution in [-0.2, 0) is 21.7 Å². The third-order valence-corrected chi connectivity index (χ3v) is 11.1. The molecular weight excluding hydrogens is 734 g/mol. The van der Waals surface area contributed by atoms with E-state index in [0.29, 0.717) is 58.0 Å². The largest absolute Gasteiger partial charge is 0.507 e. The van der Waals surface area contributed by atoms with Crippen LogP contribution in [0.5, 0.6) is 11.5 Å². The van der Waals surface area contributed by atoms with Gasteiger partial charge in [0.15, 0.2) is 0 Å². The minimum Gasteiger partial charge on any atom is -0.507 e. The van der Waals surface area contributed by atoms with Crippen LogP contribution < -0.4 is 4.74 Å². The third-order valence-electron chi connectivity index (χ3n) is 10.0. The van der Waals surface area contributed by atoms with Gasteiger partial charge in [-0.25, -0.2) is 8.78 Å². The standard InChI is InChI=1S/C33H42F3N3O5.C6H6F2OS/c1-4-9-26-24(11-8-18-39(26)30(41)28-25(33(34,35)36)12-7-17-37-28)29(40)38-19-14-22(15-20-38)23-10-5-6-13-27(23)44-21-16-32(2,3)31(42)43;1-6(7,8)5-2-4(9)3-10-5/h5-7,10,12-13,17,22,24,26H,4,8-9,11,14-16,18-21H2,1-3H3,(H,42,43);2-3,9H,1H3. The molecule has 2 saturated heterocycles. The predicted molar refractivity (Wildman–Crippen MR) is 194 cm³/mol. The highest BCUT2D eigenvalue weighted by Gasteiger charge is 2.43. The molecule has 0 spiro atoms. The zero-order valence-electron chi connectivity index (χ0n) is 30.9. The second-order valence-corrected chi connectivity index (χ2v) is 15.4. The van der Waals surface area contributed by atoms with Gasteiger partial charge in [0.2, 0.25) is 5.91 Å². The summed E-state index contributed by atoms with van der Waals surface area (Å²) in [6, 6.07) is 10.3. The number of halogens is 5. The van der Waals surface area contributed by atoms with Crippen LogP contribution in [0.2, 0.25) is 0 Å². The Kier molecular flexibility index (Phi) is 14.1. The molecule has 0 bridgehead atoms. The number of aliphatic carboxylic acids is 1. The average molecular weight is 782 g/mol. The maximum atomic E-state index is 13.9. The number of carboxylic acid groups (broad SMARTS) is 1. The van der Waals surface area contributed by atoms with Gasteiger partial charge < -0.3 is 24.7 Å². The molecule has 9 nitrogen and oxygen atoms in total. The Balaban J connectivity index is 0.000000562. The fraction of sp³-hybridized carbons (Fsp3) is 0.538. The van der Waals surface area contributed by atoms with Gasteiger partial charge in [-0.15, -0.1) is 11.3 Å². The Morgan fingerprint density at radius 3 is 2.24 bits per heavy atom. The quantitative estimate of drug-likeness (QED) is 0.187. The molecule has 2 unspecified atom stereocenters. The van der Waals surface area contributed by atoms with Gasteiger partial charge in [-0.2, -0.15) is 13.2 Å². The predicted octanol–water partition coefficient (Wildman–Crippen LogP) is 8.97. The summed E-state index contributed by atoms with van der Waals surface area (Å²) in [4.78, 5) is 45.8. The molecule has 2 N–H and O–H groups in total. The summed E-state index contributed by atoms with van der Waals surface area (Å²) in [6.07, 6.45) is 0.544. The number of hydrogen-bond acceptors (Lipinski definition) is 7. The van der Waals surface area contributed by atoms with Crippen molar-refractivity contribution in [3.05, 3.63) is 75.7 Å². The summed E-state index contributed by atoms with van der Waals surface area (Å²) < 4.78 is 71.8. The van der Waals surface area contributed by atoms with Crippen LogP contribution in [0.1, 0.15) is 105 Å². The number of aromatic nitrogens is 1. The van der Waals surface area contributed by atoms with E-state index in [-0.39, 0.29) is 35.6 Å². The molecular formula is C39H48F5N3O6S. The number of ether oxygens (including phenoxy) is 1. The minimum atomic E-state index is -4.71. The van der Waals surface area contributed by atoms with E-state index >= 15 is 0 Å². The number of hydrogen-bond donors (Lipinski definition) is 2. The van der Waals surface area contributed by atoms with Gasteiger partial charge in [0.25, 0.3) is 11.8 Å². The van der Waals surface area contributed by atoms with Crippen LogP contribution in [-0.4, -0.2) is 75.1 Å². The van der Waals surface area contributed by atoms with Gasteiger partial charge in [0.1, 0.15) is 17.2 Å². The zero-order chi connectivity index (χ0) is 39.8. The van der Waals surface area contributed by atoms with Crippen LogP contribution in [0.3, 0.4) is 0 Å². The van der Waals surface area contributed by atoms with Crippen LogP contribution in [0.4, 0.5) is 22.0 Å². The van der Waals surface area contributed by atoms with Gasteiger partial charge in [-0.1, -0.05) is 31.5 Å². The van der Waals surface area contributed by atoms with E-state index in [1.165, 1.54) is 22.5 Å². The molecule has 2 aliphatic heterocycles. The molecule has 3 aromatic rings. The normalized spacial score (nSPS) is 18.5. The number of rotatable bonds is 11. The number of benzene rings is 1. The lowest BCUT2D eigenvalue weighted by Crippen LogP contribution is -2.54. The van der Waals surface area contributed by atoms with E-state index in [4.69, 9.17) is 9.84 Å². The highest BCUT2D eigenvalue weighted by molar-refractivity contribution is 7.10. The van der Waals surface area contributed by atoms with Crippen molar-refractivity contribution in [3.63, 3.8) is 0 Å². The van der Waals surface area contributed by atoms with Crippen molar-refractivity contribution in [3.8, 4) is 11.5 Å². The first-order chi connectivity index (χ1) is 25.3. The van der Waals surface area contributed by atoms with Gasteiger partial charge in [-0.05, 0) is 88.1 Å². The third kappa shape index (κ3) is 10.7. The zero-order valence-corrected chi connectivity index (χ0v) is 31.7. The Morgan fingerprint density at radius 2 is 1.67 bits per heavy atom. The second-order valence-electron chi connectivity index (χ2n) is 14.5. The molecule has 296 valence electrons. The highest BCUT2D eigenvalue weighted by atomic mass is 32.1. The van der Waals surface area contributed by atoms with E-state index in [0.717, 1.165) is 41.7 Å². The van der Waals surface area contributed by atoms with E-state index in [1.807, 2.05) is 36.1 Å². The molecule has 2 aliphatic rings. The minimum absolute atomic E-state index is 0.0584. The van der Waals surface area contributed by atoms with Crippen LogP contribution in [0.15, 0.2) is 54.0 Å². The number of carbonyl (C=O) groups excluding carboxylic acids is 2. The fourth-order valence-electron chi connectivity index (χ4n) is 6.86. The molecule has 15 heteroatoms. The Bertz CT molecular complexity index is 1740. The van der Waals surface area contributed by atoms with Crippen LogP contribution in [0, 0.1) is 11.3 Å². The summed E-state index contributed by atoms with van der Waals surface area (Å²) in [7, 11) is 0. The Morgan fingerprint density at radius 1 is 0.981 bits per heavy atom. The molecule has 2 amide bonds. The van der Waals surface area contributed by atoms with Crippen molar-refractivity contribution in [1.82, 2.24) is 14.8 Å². The molecule has 4 heterocycles. The molecule has 0 radical (unpaired) electrons. The monoisotopic (exact) mass is 781 g/mol. The summed E-state index contributed by atoms with van der Waals surface area (Å²) >= 11 is 0.856. The van der Waals surface area contributed by atoms with Crippen LogP contribution >= 0.6 is 11.3 Å². The number of carbonyl (C=O) groups is 3. The number of carboxylic acids is 1. The summed E-state index contributed by atoms with van der Waals surface area (Å²) in [5.74, 6) is -4.25. The van der Waals surface area contributed by atoms with Crippen molar-refractivity contribution < 1.29 is 51.3 Å². The Labute approximate surface area is 316 Å². The lowest BCUT2D eigenvalue weighted by Gasteiger charge is -2.43. The summed E-state index contributed by atoms with van der Waals surface area (Å²) in [6.45, 7) is 7.67. The molecule has 0 aliphatic carbocycles. The number of likely N-dealkylation sites (tertiary alicyclic amines) is 2. The highest BCUT2D eigenvalue weighted by Crippen LogP contribution is 2.38. The topological polar surface area (TPSA) is 120 Å². The SMILES string of the molecule is CC(F)(F)c1cc(O)cs1.CCCC1C(C(=O)N2CCC(c3ccccc3OCCC(C)(C)C(=O)O)CC2)CCCN1C(=O)c1ncccc1C(F)(F)F. The molecule has 0 saturated carbocycles. The molecule has 2 atom stereocenters. The number of aromatic hydroxyl groups is 1. The van der Waals surface area contributed by atoms with E-state index in [9.17, 15) is 41.4 Å². The number of pyridine rings is 1. The number of amides is 2. The lowest BCUT2D eigenvalue weighted by molar-refractivity contribution is -0.147. The van der Waals surface area contributed by atoms with Crippen molar-refractivity contribution in [2.45, 2.75) is 96.7 Å². The number of piperidine rings is 2.